The first-order valence-electron chi connectivity index (χ1n) is 9.19. The third-order valence-corrected chi connectivity index (χ3v) is 4.96. The molecule has 1 heterocycles. The van der Waals surface area contributed by atoms with Crippen LogP contribution >= 0.6 is 0 Å². The summed E-state index contributed by atoms with van der Waals surface area (Å²) in [6.07, 6.45) is 0.651. The Bertz CT molecular complexity index is 984. The van der Waals surface area contributed by atoms with E-state index in [2.05, 4.69) is 4.98 Å². The van der Waals surface area contributed by atoms with Gasteiger partial charge in [-0.1, -0.05) is 0 Å². The Morgan fingerprint density at radius 2 is 1.69 bits per heavy atom. The fourth-order valence-corrected chi connectivity index (χ4v) is 3.56. The van der Waals surface area contributed by atoms with Crippen LogP contribution in [0.4, 0.5) is 0 Å². The van der Waals surface area contributed by atoms with Crippen molar-refractivity contribution < 1.29 is 28.5 Å². The first-order valence-corrected chi connectivity index (χ1v) is 9.19. The standard InChI is InChI=1S/C21H23NO7/c1-5-29-21(25)14-10-13-15(22-20(14)24)6-11(7-16(13)23)12-8-17(26-2)19(28-4)18(9-12)27-3/h8-11H,5-7H2,1-4H3,(H,22,24)/t11-/m0/s1. The molecule has 1 aliphatic rings. The number of pyridine rings is 1. The summed E-state index contributed by atoms with van der Waals surface area (Å²) < 4.78 is 21.0. The molecule has 1 atom stereocenters. The van der Waals surface area contributed by atoms with Crippen LogP contribution in [-0.4, -0.2) is 44.7 Å². The van der Waals surface area contributed by atoms with Crippen LogP contribution in [0, 0.1) is 0 Å². The number of H-pyrrole nitrogens is 1. The molecule has 0 spiro atoms. The molecule has 1 N–H and O–H groups in total. The number of nitrogens with one attached hydrogen (secondary N) is 1. The van der Waals surface area contributed by atoms with Gasteiger partial charge in [-0.25, -0.2) is 4.79 Å². The van der Waals surface area contributed by atoms with Crippen LogP contribution in [0.3, 0.4) is 0 Å². The zero-order chi connectivity index (χ0) is 21.1. The number of ether oxygens (including phenoxy) is 4. The summed E-state index contributed by atoms with van der Waals surface area (Å²) >= 11 is 0. The zero-order valence-electron chi connectivity index (χ0n) is 16.8. The predicted molar refractivity (Wildman–Crippen MR) is 105 cm³/mol. The molecule has 1 aromatic heterocycles. The molecule has 1 aromatic carbocycles. The highest BCUT2D eigenvalue weighted by Crippen LogP contribution is 2.42. The summed E-state index contributed by atoms with van der Waals surface area (Å²) in [6, 6.07) is 4.94. The molecule has 1 aliphatic carbocycles. The molecule has 154 valence electrons. The maximum Gasteiger partial charge on any atom is 0.343 e. The van der Waals surface area contributed by atoms with Gasteiger partial charge in [0, 0.05) is 17.7 Å². The molecule has 0 radical (unpaired) electrons. The first-order chi connectivity index (χ1) is 13.9. The highest BCUT2D eigenvalue weighted by atomic mass is 16.5. The summed E-state index contributed by atoms with van der Waals surface area (Å²) in [5, 5.41) is 0. The Kier molecular flexibility index (Phi) is 5.91. The number of rotatable bonds is 6. The maximum absolute atomic E-state index is 12.8. The number of hydrogen-bond acceptors (Lipinski definition) is 7. The zero-order valence-corrected chi connectivity index (χ0v) is 16.8. The Labute approximate surface area is 167 Å². The molecule has 0 aliphatic heterocycles. The molecular weight excluding hydrogens is 378 g/mol. The van der Waals surface area contributed by atoms with Crippen molar-refractivity contribution in [1.82, 2.24) is 4.98 Å². The second kappa shape index (κ2) is 8.38. The number of carbonyl (C=O) groups is 2. The van der Waals surface area contributed by atoms with Gasteiger partial charge in [-0.05, 0) is 43.0 Å². The molecule has 8 nitrogen and oxygen atoms in total. The van der Waals surface area contributed by atoms with Crippen molar-refractivity contribution in [3.05, 3.63) is 50.9 Å². The number of ketones is 1. The molecule has 29 heavy (non-hydrogen) atoms. The molecule has 0 saturated heterocycles. The molecule has 0 fully saturated rings. The van der Waals surface area contributed by atoms with E-state index in [-0.39, 0.29) is 30.3 Å². The smallest absolute Gasteiger partial charge is 0.343 e. The van der Waals surface area contributed by atoms with E-state index in [1.807, 2.05) is 0 Å². The Hall–Kier alpha value is -3.29. The van der Waals surface area contributed by atoms with Gasteiger partial charge in [0.25, 0.3) is 5.56 Å². The van der Waals surface area contributed by atoms with E-state index < -0.39 is 11.5 Å². The van der Waals surface area contributed by atoms with Gasteiger partial charge in [-0.3, -0.25) is 9.59 Å². The summed E-state index contributed by atoms with van der Waals surface area (Å²) in [5.74, 6) is 0.363. The van der Waals surface area contributed by atoms with Gasteiger partial charge in [0.05, 0.1) is 27.9 Å². The van der Waals surface area contributed by atoms with Crippen molar-refractivity contribution in [2.75, 3.05) is 27.9 Å². The van der Waals surface area contributed by atoms with Crippen LogP contribution in [0.15, 0.2) is 23.0 Å². The summed E-state index contributed by atoms with van der Waals surface area (Å²) in [5.41, 5.74) is 0.939. The van der Waals surface area contributed by atoms with Crippen molar-refractivity contribution in [3.63, 3.8) is 0 Å². The van der Waals surface area contributed by atoms with Crippen LogP contribution in [0.5, 0.6) is 17.2 Å². The van der Waals surface area contributed by atoms with Crippen LogP contribution in [-0.2, 0) is 11.2 Å². The van der Waals surface area contributed by atoms with Crippen LogP contribution in [0.1, 0.15) is 51.2 Å². The molecule has 0 bridgehead atoms. The fraction of sp³-hybridized carbons (Fsp3) is 0.381. The van der Waals surface area contributed by atoms with E-state index in [1.165, 1.54) is 27.4 Å². The van der Waals surface area contributed by atoms with Crippen LogP contribution in [0.2, 0.25) is 0 Å². The lowest BCUT2D eigenvalue weighted by Gasteiger charge is -2.25. The number of methoxy groups -OCH3 is 3. The molecule has 0 amide bonds. The molecule has 0 saturated carbocycles. The maximum atomic E-state index is 12.8. The van der Waals surface area contributed by atoms with E-state index in [4.69, 9.17) is 18.9 Å². The minimum absolute atomic E-state index is 0.145. The van der Waals surface area contributed by atoms with Crippen LogP contribution in [0.25, 0.3) is 0 Å². The lowest BCUT2D eigenvalue weighted by atomic mass is 9.81. The normalized spacial score (nSPS) is 15.4. The van der Waals surface area contributed by atoms with Gasteiger partial charge in [-0.15, -0.1) is 0 Å². The Morgan fingerprint density at radius 3 is 2.24 bits per heavy atom. The van der Waals surface area contributed by atoms with Crippen molar-refractivity contribution >= 4 is 11.8 Å². The third kappa shape index (κ3) is 3.83. The number of hydrogen-bond donors (Lipinski definition) is 1. The molecule has 0 unspecified atom stereocenters. The molecule has 3 rings (SSSR count). The second-order valence-corrected chi connectivity index (χ2v) is 6.61. The van der Waals surface area contributed by atoms with E-state index >= 15 is 0 Å². The minimum atomic E-state index is -0.740. The van der Waals surface area contributed by atoms with Gasteiger partial charge in [-0.2, -0.15) is 0 Å². The van der Waals surface area contributed by atoms with Gasteiger partial charge in [0.1, 0.15) is 5.56 Å². The summed E-state index contributed by atoms with van der Waals surface area (Å²) in [4.78, 5) is 39.7. The molecular formula is C21H23NO7. The Balaban J connectivity index is 2.00. The average molecular weight is 401 g/mol. The van der Waals surface area contributed by atoms with Gasteiger partial charge in [0.2, 0.25) is 5.75 Å². The number of fused-ring (bicyclic) bond motifs is 1. The topological polar surface area (TPSA) is 104 Å². The number of aromatic amines is 1. The Morgan fingerprint density at radius 1 is 1.03 bits per heavy atom. The highest BCUT2D eigenvalue weighted by molar-refractivity contribution is 6.01. The number of carbonyl (C=O) groups excluding carboxylic acids is 2. The van der Waals surface area contributed by atoms with Crippen molar-refractivity contribution in [2.24, 2.45) is 0 Å². The minimum Gasteiger partial charge on any atom is -0.493 e. The monoisotopic (exact) mass is 401 g/mol. The number of Topliss-reactive ketones (excluding diaryl/α,β-unsaturated/α-hetero) is 1. The predicted octanol–water partition coefficient (Wildman–Crippen LogP) is 2.49. The van der Waals surface area contributed by atoms with Crippen LogP contribution < -0.4 is 19.8 Å². The SMILES string of the molecule is CCOC(=O)c1cc2c([nH]c1=O)C[C@H](c1cc(OC)c(OC)c(OC)c1)CC2=O. The third-order valence-electron chi connectivity index (χ3n) is 4.96. The lowest BCUT2D eigenvalue weighted by molar-refractivity contribution is 0.0524. The summed E-state index contributed by atoms with van der Waals surface area (Å²) in [6.45, 7) is 1.80. The second-order valence-electron chi connectivity index (χ2n) is 6.61. The average Bonchev–Trinajstić information content (AvgIpc) is 2.72. The molecule has 8 heteroatoms. The fourth-order valence-electron chi connectivity index (χ4n) is 3.56. The first kappa shape index (κ1) is 20.4. The van der Waals surface area contributed by atoms with E-state index in [1.54, 1.807) is 19.1 Å². The van der Waals surface area contributed by atoms with E-state index in [0.717, 1.165) is 5.56 Å². The van der Waals surface area contributed by atoms with Crippen molar-refractivity contribution in [3.8, 4) is 17.2 Å². The van der Waals surface area contributed by atoms with Gasteiger partial charge in [0.15, 0.2) is 17.3 Å². The number of benzene rings is 1. The quantitative estimate of drug-likeness (QED) is 0.742. The number of aromatic nitrogens is 1. The van der Waals surface area contributed by atoms with E-state index in [9.17, 15) is 14.4 Å². The van der Waals surface area contributed by atoms with Crippen molar-refractivity contribution in [2.45, 2.75) is 25.7 Å². The van der Waals surface area contributed by atoms with Gasteiger partial charge < -0.3 is 23.9 Å². The molecule has 2 aromatic rings. The summed E-state index contributed by atoms with van der Waals surface area (Å²) in [7, 11) is 4.57. The van der Waals surface area contributed by atoms with E-state index in [0.29, 0.717) is 34.9 Å². The highest BCUT2D eigenvalue weighted by Gasteiger charge is 2.30. The van der Waals surface area contributed by atoms with Gasteiger partial charge >= 0.3 is 5.97 Å². The van der Waals surface area contributed by atoms with Crippen molar-refractivity contribution in [1.29, 1.82) is 0 Å². The number of esters is 1. The lowest BCUT2D eigenvalue weighted by Crippen LogP contribution is -2.28. The largest absolute Gasteiger partial charge is 0.493 e.